The van der Waals surface area contributed by atoms with Crippen molar-refractivity contribution in [3.05, 3.63) is 33.9 Å². The quantitative estimate of drug-likeness (QED) is 0.737. The fraction of sp³-hybridized carbons (Fsp3) is 0.182. The topological polar surface area (TPSA) is 22.1 Å². The number of hydrogen-bond donors (Lipinski definition) is 0. The summed E-state index contributed by atoms with van der Waals surface area (Å²) in [5.41, 5.74) is 2.46. The average Bonchev–Trinajstić information content (AvgIpc) is 2.52. The summed E-state index contributed by atoms with van der Waals surface area (Å²) in [6.45, 7) is 0.743. The molecule has 0 saturated carbocycles. The van der Waals surface area contributed by atoms with Gasteiger partial charge >= 0.3 is 0 Å². The van der Waals surface area contributed by atoms with Crippen LogP contribution in [0.1, 0.15) is 5.56 Å². The van der Waals surface area contributed by atoms with Crippen LogP contribution in [0.2, 0.25) is 0 Å². The number of rotatable bonds is 0. The van der Waals surface area contributed by atoms with Gasteiger partial charge in [0.2, 0.25) is 0 Å². The van der Waals surface area contributed by atoms with Crippen molar-refractivity contribution in [2.24, 2.45) is 0 Å². The number of nitrogens with zero attached hydrogens (tertiary/aromatic N) is 1. The van der Waals surface area contributed by atoms with E-state index in [-0.39, 0.29) is 0 Å². The minimum atomic E-state index is 0.743. The van der Waals surface area contributed by atoms with Crippen molar-refractivity contribution in [1.82, 2.24) is 4.98 Å². The first-order valence-corrected chi connectivity index (χ1v) is 6.31. The second-order valence-electron chi connectivity index (χ2n) is 3.38. The van der Waals surface area contributed by atoms with Crippen LogP contribution in [0, 0.1) is 0 Å². The third-order valence-electron chi connectivity index (χ3n) is 2.43. The molecule has 2 aromatic rings. The van der Waals surface area contributed by atoms with Crippen LogP contribution in [0.25, 0.3) is 10.4 Å². The second kappa shape index (κ2) is 3.61. The van der Waals surface area contributed by atoms with Gasteiger partial charge in [0.25, 0.3) is 0 Å². The van der Waals surface area contributed by atoms with Gasteiger partial charge in [-0.2, -0.15) is 0 Å². The summed E-state index contributed by atoms with van der Waals surface area (Å²) in [5, 5.41) is 0. The Bertz CT molecular complexity index is 509. The van der Waals surface area contributed by atoms with Gasteiger partial charge in [-0.15, -0.1) is 11.3 Å². The first kappa shape index (κ1) is 9.36. The molecule has 2 aromatic heterocycles. The fourth-order valence-electron chi connectivity index (χ4n) is 1.76. The molecule has 0 aliphatic carbocycles. The lowest BCUT2D eigenvalue weighted by Crippen LogP contribution is -1.97. The van der Waals surface area contributed by atoms with E-state index in [1.807, 2.05) is 12.3 Å². The maximum absolute atomic E-state index is 5.68. The van der Waals surface area contributed by atoms with Crippen LogP contribution in [0.15, 0.2) is 28.3 Å². The Morgan fingerprint density at radius 1 is 1.47 bits per heavy atom. The van der Waals surface area contributed by atoms with Crippen molar-refractivity contribution in [2.75, 3.05) is 6.61 Å². The highest BCUT2D eigenvalue weighted by Gasteiger charge is 2.17. The molecule has 15 heavy (non-hydrogen) atoms. The number of thiophene rings is 1. The molecule has 0 bridgehead atoms. The van der Waals surface area contributed by atoms with E-state index in [0.717, 1.165) is 24.3 Å². The van der Waals surface area contributed by atoms with Crippen LogP contribution in [-0.2, 0) is 6.42 Å². The molecule has 76 valence electrons. The molecule has 0 radical (unpaired) electrons. The molecular weight excluding hydrogens is 274 g/mol. The van der Waals surface area contributed by atoms with Crippen LogP contribution in [0.3, 0.4) is 0 Å². The van der Waals surface area contributed by atoms with Gasteiger partial charge < -0.3 is 4.74 Å². The van der Waals surface area contributed by atoms with Gasteiger partial charge in [-0.05, 0) is 33.6 Å². The molecule has 0 amide bonds. The zero-order chi connectivity index (χ0) is 10.3. The van der Waals surface area contributed by atoms with E-state index < -0.39 is 0 Å². The molecule has 0 unspecified atom stereocenters. The highest BCUT2D eigenvalue weighted by Crippen LogP contribution is 2.41. The lowest BCUT2D eigenvalue weighted by Gasteiger charge is -2.04. The third-order valence-corrected chi connectivity index (χ3v) is 4.15. The predicted octanol–water partition coefficient (Wildman–Crippen LogP) is 3.51. The zero-order valence-corrected chi connectivity index (χ0v) is 10.3. The lowest BCUT2D eigenvalue weighted by atomic mass is 10.1. The molecule has 0 aromatic carbocycles. The van der Waals surface area contributed by atoms with Crippen LogP contribution in [0.5, 0.6) is 5.75 Å². The number of pyridine rings is 1. The monoisotopic (exact) mass is 281 g/mol. The van der Waals surface area contributed by atoms with Crippen LogP contribution in [0.4, 0.5) is 0 Å². The summed E-state index contributed by atoms with van der Waals surface area (Å²) in [5.74, 6) is 0.943. The highest BCUT2D eigenvalue weighted by molar-refractivity contribution is 9.11. The fourth-order valence-corrected chi connectivity index (χ4v) is 3.47. The number of hydrogen-bond acceptors (Lipinski definition) is 3. The van der Waals surface area contributed by atoms with E-state index >= 15 is 0 Å². The van der Waals surface area contributed by atoms with Crippen molar-refractivity contribution < 1.29 is 4.74 Å². The molecule has 1 aliphatic heterocycles. The van der Waals surface area contributed by atoms with Crippen molar-refractivity contribution in [1.29, 1.82) is 0 Å². The van der Waals surface area contributed by atoms with Gasteiger partial charge in [0, 0.05) is 23.7 Å². The van der Waals surface area contributed by atoms with Gasteiger partial charge in [-0.25, -0.2) is 0 Å². The van der Waals surface area contributed by atoms with Crippen molar-refractivity contribution in [3.63, 3.8) is 0 Å². The molecule has 0 atom stereocenters. The molecule has 3 heterocycles. The van der Waals surface area contributed by atoms with Crippen LogP contribution >= 0.6 is 27.3 Å². The number of fused-ring (bicyclic) bond motifs is 3. The normalized spacial score (nSPS) is 13.7. The van der Waals surface area contributed by atoms with Crippen molar-refractivity contribution >= 4 is 27.3 Å². The molecule has 3 rings (SSSR count). The van der Waals surface area contributed by atoms with E-state index in [4.69, 9.17) is 4.74 Å². The standard InChI is InChI=1S/C11H8BrNOS/c12-10-5-7-2-4-14-9-1-3-13-6-8(9)11(7)15-10/h1,3,5-6H,2,4H2. The molecule has 0 saturated heterocycles. The van der Waals surface area contributed by atoms with E-state index in [1.165, 1.54) is 14.2 Å². The first-order chi connectivity index (χ1) is 7.34. The van der Waals surface area contributed by atoms with Gasteiger partial charge in [0.15, 0.2) is 0 Å². The van der Waals surface area contributed by atoms with Crippen LogP contribution in [-0.4, -0.2) is 11.6 Å². The Balaban J connectivity index is 2.26. The highest BCUT2D eigenvalue weighted by atomic mass is 79.9. The molecule has 1 aliphatic rings. The van der Waals surface area contributed by atoms with E-state index in [0.29, 0.717) is 0 Å². The summed E-state index contributed by atoms with van der Waals surface area (Å²) in [6.07, 6.45) is 4.61. The molecule has 2 nitrogen and oxygen atoms in total. The SMILES string of the molecule is Brc1cc2c(s1)-c1cnccc1OCC2. The van der Waals surface area contributed by atoms with Crippen molar-refractivity contribution in [3.8, 4) is 16.2 Å². The number of aromatic nitrogens is 1. The zero-order valence-electron chi connectivity index (χ0n) is 7.87. The molecule has 0 fully saturated rings. The molecule has 4 heteroatoms. The summed E-state index contributed by atoms with van der Waals surface area (Å²) < 4.78 is 6.85. The number of ether oxygens (including phenoxy) is 1. The molecule has 0 spiro atoms. The summed E-state index contributed by atoms with van der Waals surface area (Å²) in [6, 6.07) is 4.10. The Morgan fingerprint density at radius 2 is 2.40 bits per heavy atom. The minimum Gasteiger partial charge on any atom is -0.492 e. The maximum atomic E-state index is 5.68. The molecule has 0 N–H and O–H groups in total. The predicted molar refractivity (Wildman–Crippen MR) is 64.4 cm³/mol. The second-order valence-corrected chi connectivity index (χ2v) is 5.81. The largest absolute Gasteiger partial charge is 0.492 e. The van der Waals surface area contributed by atoms with Gasteiger partial charge in [-0.1, -0.05) is 0 Å². The summed E-state index contributed by atoms with van der Waals surface area (Å²) in [7, 11) is 0. The van der Waals surface area contributed by atoms with E-state index in [9.17, 15) is 0 Å². The molecular formula is C11H8BrNOS. The Labute approximate surface area is 100 Å². The minimum absolute atomic E-state index is 0.743. The number of halogens is 1. The van der Waals surface area contributed by atoms with Crippen molar-refractivity contribution in [2.45, 2.75) is 6.42 Å². The Hall–Kier alpha value is -0.870. The van der Waals surface area contributed by atoms with E-state index in [2.05, 4.69) is 27.0 Å². The average molecular weight is 282 g/mol. The Morgan fingerprint density at radius 3 is 3.33 bits per heavy atom. The summed E-state index contributed by atoms with van der Waals surface area (Å²) in [4.78, 5) is 5.44. The van der Waals surface area contributed by atoms with E-state index in [1.54, 1.807) is 17.5 Å². The smallest absolute Gasteiger partial charge is 0.131 e. The van der Waals surface area contributed by atoms with Gasteiger partial charge in [0.1, 0.15) is 5.75 Å². The van der Waals surface area contributed by atoms with Crippen LogP contribution < -0.4 is 4.74 Å². The Kier molecular flexibility index (Phi) is 2.25. The summed E-state index contributed by atoms with van der Waals surface area (Å²) >= 11 is 5.27. The van der Waals surface area contributed by atoms with Gasteiger partial charge in [-0.3, -0.25) is 4.98 Å². The lowest BCUT2D eigenvalue weighted by molar-refractivity contribution is 0.326. The maximum Gasteiger partial charge on any atom is 0.131 e. The first-order valence-electron chi connectivity index (χ1n) is 4.70. The third kappa shape index (κ3) is 1.58. The van der Waals surface area contributed by atoms with Gasteiger partial charge in [0.05, 0.1) is 16.0 Å².